The van der Waals surface area contributed by atoms with E-state index in [9.17, 15) is 4.79 Å². The summed E-state index contributed by atoms with van der Waals surface area (Å²) in [5.41, 5.74) is 0.594. The Bertz CT molecular complexity index is 578. The van der Waals surface area contributed by atoms with Crippen LogP contribution in [-0.2, 0) is 22.6 Å². The number of benzene rings is 1. The summed E-state index contributed by atoms with van der Waals surface area (Å²) in [5, 5.41) is 1.89. The van der Waals surface area contributed by atoms with Gasteiger partial charge in [0.05, 0.1) is 16.3 Å². The number of thiazole rings is 1. The molecule has 0 radical (unpaired) electrons. The lowest BCUT2D eigenvalue weighted by Gasteiger charge is -2.06. The van der Waals surface area contributed by atoms with Crippen LogP contribution >= 0.6 is 34.5 Å². The standard InChI is InChI=1S/C13H11Cl2NO2S/c1-8-16-6-9(19-8)7-18-13(17)5-10-11(14)3-2-4-12(10)15/h2-4,6H,5,7H2,1H3. The maximum absolute atomic E-state index is 11.7. The molecule has 0 aliphatic rings. The van der Waals surface area contributed by atoms with Crippen LogP contribution in [0.5, 0.6) is 0 Å². The highest BCUT2D eigenvalue weighted by Crippen LogP contribution is 2.25. The number of aromatic nitrogens is 1. The van der Waals surface area contributed by atoms with Gasteiger partial charge in [-0.2, -0.15) is 0 Å². The van der Waals surface area contributed by atoms with Gasteiger partial charge in [0.25, 0.3) is 0 Å². The van der Waals surface area contributed by atoms with Crippen molar-refractivity contribution in [3.05, 3.63) is 49.9 Å². The maximum atomic E-state index is 11.7. The Balaban J connectivity index is 1.94. The van der Waals surface area contributed by atoms with Crippen molar-refractivity contribution in [1.29, 1.82) is 0 Å². The molecule has 0 aliphatic heterocycles. The third-order valence-electron chi connectivity index (χ3n) is 2.43. The molecular formula is C13H11Cl2NO2S. The molecule has 0 spiro atoms. The lowest BCUT2D eigenvalue weighted by molar-refractivity contribution is -0.144. The molecule has 1 aromatic carbocycles. The van der Waals surface area contributed by atoms with E-state index >= 15 is 0 Å². The lowest BCUT2D eigenvalue weighted by Crippen LogP contribution is -2.08. The zero-order valence-electron chi connectivity index (χ0n) is 10.2. The number of hydrogen-bond donors (Lipinski definition) is 0. The zero-order valence-corrected chi connectivity index (χ0v) is 12.5. The molecule has 1 aromatic heterocycles. The first-order chi connectivity index (χ1) is 9.06. The molecule has 0 N–H and O–H groups in total. The number of carbonyl (C=O) groups excluding carboxylic acids is 1. The van der Waals surface area contributed by atoms with Crippen molar-refractivity contribution in [3.63, 3.8) is 0 Å². The van der Waals surface area contributed by atoms with Crippen LogP contribution in [0.3, 0.4) is 0 Å². The number of halogens is 2. The van der Waals surface area contributed by atoms with Crippen LogP contribution in [0.2, 0.25) is 10.0 Å². The van der Waals surface area contributed by atoms with Crippen LogP contribution in [0.4, 0.5) is 0 Å². The number of nitrogens with zero attached hydrogens (tertiary/aromatic N) is 1. The highest BCUT2D eigenvalue weighted by Gasteiger charge is 2.12. The Morgan fingerprint density at radius 2 is 2.05 bits per heavy atom. The van der Waals surface area contributed by atoms with E-state index in [0.29, 0.717) is 15.6 Å². The summed E-state index contributed by atoms with van der Waals surface area (Å²) in [7, 11) is 0. The van der Waals surface area contributed by atoms with Crippen LogP contribution in [0.1, 0.15) is 15.4 Å². The van der Waals surface area contributed by atoms with Gasteiger partial charge in [-0.05, 0) is 19.1 Å². The Hall–Kier alpha value is -1.10. The highest BCUT2D eigenvalue weighted by atomic mass is 35.5. The van der Waals surface area contributed by atoms with Gasteiger partial charge in [-0.1, -0.05) is 29.3 Å². The third-order valence-corrected chi connectivity index (χ3v) is 4.02. The second-order valence-electron chi connectivity index (χ2n) is 3.88. The first-order valence-electron chi connectivity index (χ1n) is 5.56. The molecule has 0 saturated carbocycles. The van der Waals surface area contributed by atoms with Crippen molar-refractivity contribution in [2.75, 3.05) is 0 Å². The van der Waals surface area contributed by atoms with Crippen LogP contribution in [-0.4, -0.2) is 11.0 Å². The number of rotatable bonds is 4. The fraction of sp³-hybridized carbons (Fsp3) is 0.231. The predicted molar refractivity (Wildman–Crippen MR) is 76.8 cm³/mol. The fourth-order valence-electron chi connectivity index (χ4n) is 1.52. The Labute approximate surface area is 125 Å². The molecule has 2 rings (SSSR count). The minimum Gasteiger partial charge on any atom is -0.460 e. The third kappa shape index (κ3) is 3.93. The Kier molecular flexibility index (Phi) is 4.80. The minimum atomic E-state index is -0.360. The number of carbonyl (C=O) groups is 1. The second-order valence-corrected chi connectivity index (χ2v) is 6.02. The van der Waals surface area contributed by atoms with E-state index in [4.69, 9.17) is 27.9 Å². The van der Waals surface area contributed by atoms with Gasteiger partial charge in [-0.3, -0.25) is 4.79 Å². The van der Waals surface area contributed by atoms with Crippen molar-refractivity contribution in [1.82, 2.24) is 4.98 Å². The van der Waals surface area contributed by atoms with Crippen molar-refractivity contribution >= 4 is 40.5 Å². The van der Waals surface area contributed by atoms with E-state index in [0.717, 1.165) is 9.88 Å². The zero-order chi connectivity index (χ0) is 13.8. The topological polar surface area (TPSA) is 39.2 Å². The first kappa shape index (κ1) is 14.3. The largest absolute Gasteiger partial charge is 0.460 e. The monoisotopic (exact) mass is 315 g/mol. The molecule has 0 saturated heterocycles. The Morgan fingerprint density at radius 3 is 2.63 bits per heavy atom. The van der Waals surface area contributed by atoms with E-state index in [1.807, 2.05) is 6.92 Å². The summed E-state index contributed by atoms with van der Waals surface area (Å²) in [5.74, 6) is -0.360. The molecule has 0 unspecified atom stereocenters. The smallest absolute Gasteiger partial charge is 0.310 e. The van der Waals surface area contributed by atoms with E-state index < -0.39 is 0 Å². The van der Waals surface area contributed by atoms with E-state index in [1.165, 1.54) is 11.3 Å². The predicted octanol–water partition coefficient (Wildman–Crippen LogP) is 4.04. The summed E-state index contributed by atoms with van der Waals surface area (Å²) in [6.07, 6.45) is 1.77. The molecular weight excluding hydrogens is 305 g/mol. The van der Waals surface area contributed by atoms with Crippen LogP contribution in [0.25, 0.3) is 0 Å². The summed E-state index contributed by atoms with van der Waals surface area (Å²) in [6.45, 7) is 2.13. The van der Waals surface area contributed by atoms with E-state index in [1.54, 1.807) is 24.4 Å². The van der Waals surface area contributed by atoms with E-state index in [-0.39, 0.29) is 19.0 Å². The van der Waals surface area contributed by atoms with Crippen molar-refractivity contribution in [3.8, 4) is 0 Å². The van der Waals surface area contributed by atoms with Gasteiger partial charge in [-0.15, -0.1) is 11.3 Å². The van der Waals surface area contributed by atoms with Crippen LogP contribution in [0.15, 0.2) is 24.4 Å². The van der Waals surface area contributed by atoms with Crippen molar-refractivity contribution in [2.45, 2.75) is 20.0 Å². The van der Waals surface area contributed by atoms with Gasteiger partial charge in [0.1, 0.15) is 6.61 Å². The summed E-state index contributed by atoms with van der Waals surface area (Å²) in [6, 6.07) is 5.13. The maximum Gasteiger partial charge on any atom is 0.310 e. The highest BCUT2D eigenvalue weighted by molar-refractivity contribution is 7.11. The number of esters is 1. The van der Waals surface area contributed by atoms with Gasteiger partial charge >= 0.3 is 5.97 Å². The molecule has 0 fully saturated rings. The molecule has 19 heavy (non-hydrogen) atoms. The number of aryl methyl sites for hydroxylation is 1. The van der Waals surface area contributed by atoms with Crippen molar-refractivity contribution < 1.29 is 9.53 Å². The summed E-state index contributed by atoms with van der Waals surface area (Å²) in [4.78, 5) is 16.7. The molecule has 1 heterocycles. The van der Waals surface area contributed by atoms with E-state index in [2.05, 4.69) is 4.98 Å². The molecule has 100 valence electrons. The first-order valence-corrected chi connectivity index (χ1v) is 7.13. The normalized spacial score (nSPS) is 10.5. The van der Waals surface area contributed by atoms with Gasteiger partial charge in [-0.25, -0.2) is 4.98 Å². The molecule has 0 aliphatic carbocycles. The van der Waals surface area contributed by atoms with Crippen LogP contribution < -0.4 is 0 Å². The molecule has 6 heteroatoms. The van der Waals surface area contributed by atoms with Crippen LogP contribution in [0, 0.1) is 6.92 Å². The number of ether oxygens (including phenoxy) is 1. The minimum absolute atomic E-state index is 0.0658. The summed E-state index contributed by atoms with van der Waals surface area (Å²) >= 11 is 13.5. The van der Waals surface area contributed by atoms with Gasteiger partial charge in [0.15, 0.2) is 0 Å². The molecule has 0 atom stereocenters. The SMILES string of the molecule is Cc1ncc(COC(=O)Cc2c(Cl)cccc2Cl)s1. The average Bonchev–Trinajstić information content (AvgIpc) is 2.77. The average molecular weight is 316 g/mol. The Morgan fingerprint density at radius 1 is 1.37 bits per heavy atom. The quantitative estimate of drug-likeness (QED) is 0.799. The molecule has 0 bridgehead atoms. The van der Waals surface area contributed by atoms with Crippen molar-refractivity contribution in [2.24, 2.45) is 0 Å². The fourth-order valence-corrected chi connectivity index (χ4v) is 2.76. The summed E-state index contributed by atoms with van der Waals surface area (Å²) < 4.78 is 5.17. The molecule has 3 nitrogen and oxygen atoms in total. The molecule has 2 aromatic rings. The van der Waals surface area contributed by atoms with Gasteiger partial charge < -0.3 is 4.74 Å². The number of hydrogen-bond acceptors (Lipinski definition) is 4. The van der Waals surface area contributed by atoms with Gasteiger partial charge in [0.2, 0.25) is 0 Å². The molecule has 0 amide bonds. The second kappa shape index (κ2) is 6.37. The lowest BCUT2D eigenvalue weighted by atomic mass is 10.1. The van der Waals surface area contributed by atoms with Gasteiger partial charge in [0, 0.05) is 21.8 Å².